The van der Waals surface area contributed by atoms with Crippen molar-refractivity contribution in [1.82, 2.24) is 20.5 Å². The zero-order valence-electron chi connectivity index (χ0n) is 29.8. The number of benzene rings is 2. The molecule has 1 aliphatic heterocycles. The second kappa shape index (κ2) is 14.8. The lowest BCUT2D eigenvalue weighted by Crippen LogP contribution is -2.51. The minimum atomic E-state index is -1.46. The van der Waals surface area contributed by atoms with Gasteiger partial charge in [-0.05, 0) is 76.2 Å². The van der Waals surface area contributed by atoms with Gasteiger partial charge in [0, 0.05) is 34.9 Å². The number of nitrogens with zero attached hydrogens (tertiary/aromatic N) is 2. The molecule has 11 heteroatoms. The van der Waals surface area contributed by atoms with Crippen LogP contribution >= 0.6 is 0 Å². The number of carboxylic acid groups (broad SMARTS) is 1. The molecule has 270 valence electrons. The molecule has 2 heterocycles. The van der Waals surface area contributed by atoms with Crippen LogP contribution in [0, 0.1) is 23.7 Å². The molecule has 7 atom stereocenters. The summed E-state index contributed by atoms with van der Waals surface area (Å²) in [4.78, 5) is 60.9. The Hall–Kier alpha value is -4.77. The number of ether oxygens (including phenoxy) is 2. The number of aryl methyl sites for hydroxylation is 1. The third-order valence-corrected chi connectivity index (χ3v) is 10.8. The number of aliphatic carboxylic acids is 1. The number of amides is 2. The van der Waals surface area contributed by atoms with Crippen molar-refractivity contribution in [3.63, 3.8) is 0 Å². The quantitative estimate of drug-likeness (QED) is 0.276. The molecule has 51 heavy (non-hydrogen) atoms. The third kappa shape index (κ3) is 7.63. The fourth-order valence-electron chi connectivity index (χ4n) is 7.62. The Morgan fingerprint density at radius 2 is 1.88 bits per heavy atom. The average molecular weight is 697 g/mol. The van der Waals surface area contributed by atoms with Gasteiger partial charge in [-0.2, -0.15) is 0 Å². The first-order chi connectivity index (χ1) is 24.4. The SMILES string of the molecule is C=C[C@@H]1C[C@]1(NC(=O)[C@@H]1C[C@@H]2CC1C(=O)[C@H](C(C)C)NC(=O)OCC(N(C)C)CCCc1ccc3nc(-c4ccccc4)cc(c3c1)O2)C(=O)O. The highest BCUT2D eigenvalue weighted by Crippen LogP contribution is 2.46. The number of rotatable bonds is 7. The van der Waals surface area contributed by atoms with Crippen LogP contribution in [0.3, 0.4) is 0 Å². The van der Waals surface area contributed by atoms with Crippen LogP contribution in [0.25, 0.3) is 22.2 Å². The normalized spacial score (nSPS) is 28.4. The molecule has 3 aromatic rings. The molecule has 0 spiro atoms. The molecular weight excluding hydrogens is 648 g/mol. The van der Waals surface area contributed by atoms with E-state index in [9.17, 15) is 24.3 Å². The van der Waals surface area contributed by atoms with E-state index in [-0.39, 0.29) is 43.6 Å². The number of nitrogens with one attached hydrogen (secondary N) is 2. The number of hydrogen-bond acceptors (Lipinski definition) is 8. The number of cyclic esters (lactones) is 1. The standard InChI is InChI=1S/C40H48N4O7/c1-6-26-21-40(26,38(47)48)43-37(46)30-19-28-18-29(30)36(45)35(23(2)3)42-39(49)50-22-27(44(4)5)14-10-11-24-15-16-32-31(17-24)34(51-28)20-33(41-32)25-12-8-7-9-13-25/h6-9,12-13,15-17,20,23,26-30,35H,1,10-11,14,18-19,21-22H2,2-5H3,(H,42,49)(H,43,46)(H,47,48)/t26-,27?,28+,29?,30-,35+,40-/m1/s1. The fraction of sp³-hybridized carbons (Fsp3) is 0.475. The van der Waals surface area contributed by atoms with Crippen LogP contribution in [0.5, 0.6) is 5.75 Å². The molecule has 2 saturated carbocycles. The van der Waals surface area contributed by atoms with Crippen LogP contribution in [0.1, 0.15) is 51.5 Å². The van der Waals surface area contributed by atoms with Crippen LogP contribution < -0.4 is 15.4 Å². The van der Waals surface area contributed by atoms with Crippen LogP contribution in [-0.4, -0.2) is 83.2 Å². The number of hydrogen-bond donors (Lipinski definition) is 3. The highest BCUT2D eigenvalue weighted by atomic mass is 16.5. The summed E-state index contributed by atoms with van der Waals surface area (Å²) in [5, 5.41) is 16.4. The summed E-state index contributed by atoms with van der Waals surface area (Å²) in [7, 11) is 3.90. The Bertz CT molecular complexity index is 1810. The first-order valence-electron chi connectivity index (χ1n) is 17.9. The molecule has 2 fully saturated rings. The van der Waals surface area contributed by atoms with Gasteiger partial charge >= 0.3 is 12.1 Å². The number of Topliss-reactive ketones (excluding diaryl/α,β-unsaturated/α-hetero) is 1. The van der Waals surface area contributed by atoms with E-state index < -0.39 is 53.4 Å². The van der Waals surface area contributed by atoms with E-state index in [4.69, 9.17) is 14.5 Å². The molecule has 2 amide bonds. The van der Waals surface area contributed by atoms with Gasteiger partial charge < -0.3 is 30.1 Å². The third-order valence-electron chi connectivity index (χ3n) is 10.8. The van der Waals surface area contributed by atoms with E-state index >= 15 is 0 Å². The largest absolute Gasteiger partial charge is 0.490 e. The molecule has 0 saturated heterocycles. The highest BCUT2D eigenvalue weighted by molar-refractivity contribution is 5.97. The Balaban J connectivity index is 1.41. The van der Waals surface area contributed by atoms with Crippen molar-refractivity contribution < 1.29 is 33.8 Å². The Morgan fingerprint density at radius 1 is 1.12 bits per heavy atom. The lowest BCUT2D eigenvalue weighted by molar-refractivity contribution is -0.144. The highest BCUT2D eigenvalue weighted by Gasteiger charge is 2.61. The van der Waals surface area contributed by atoms with E-state index in [1.807, 2.05) is 75.3 Å². The van der Waals surface area contributed by atoms with Crippen molar-refractivity contribution >= 4 is 34.7 Å². The number of carbonyl (C=O) groups is 4. The summed E-state index contributed by atoms with van der Waals surface area (Å²) >= 11 is 0. The van der Waals surface area contributed by atoms with Crippen LogP contribution in [0.2, 0.25) is 0 Å². The number of carboxylic acids is 1. The van der Waals surface area contributed by atoms with Gasteiger partial charge in [0.15, 0.2) is 5.78 Å². The second-order valence-corrected chi connectivity index (χ2v) is 14.8. The first-order valence-corrected chi connectivity index (χ1v) is 17.9. The minimum absolute atomic E-state index is 0.0377. The van der Waals surface area contributed by atoms with E-state index in [1.165, 1.54) is 6.08 Å². The van der Waals surface area contributed by atoms with Gasteiger partial charge in [0.05, 0.1) is 23.2 Å². The maximum absolute atomic E-state index is 14.4. The Labute approximate surface area is 298 Å². The summed E-state index contributed by atoms with van der Waals surface area (Å²) in [6, 6.07) is 16.9. The van der Waals surface area contributed by atoms with Crippen molar-refractivity contribution in [3.05, 3.63) is 72.8 Å². The smallest absolute Gasteiger partial charge is 0.407 e. The number of likely N-dealkylation sites (N-methyl/N-ethyl adjacent to an activating group) is 1. The molecule has 6 rings (SSSR count). The minimum Gasteiger partial charge on any atom is -0.490 e. The van der Waals surface area contributed by atoms with E-state index in [1.54, 1.807) is 0 Å². The molecule has 3 N–H and O–H groups in total. The topological polar surface area (TPSA) is 147 Å². The average Bonchev–Trinajstić information content (AvgIpc) is 3.67. The van der Waals surface area contributed by atoms with Gasteiger partial charge in [0.1, 0.15) is 24.0 Å². The Morgan fingerprint density at radius 3 is 2.55 bits per heavy atom. The molecule has 2 aliphatic carbocycles. The lowest BCUT2D eigenvalue weighted by atomic mass is 9.84. The molecule has 2 aromatic carbocycles. The zero-order valence-corrected chi connectivity index (χ0v) is 29.8. The van der Waals surface area contributed by atoms with Crippen LogP contribution in [0.4, 0.5) is 4.79 Å². The summed E-state index contributed by atoms with van der Waals surface area (Å²) in [5.41, 5.74) is 2.07. The maximum atomic E-state index is 14.4. The van der Waals surface area contributed by atoms with Crippen LogP contribution in [-0.2, 0) is 25.5 Å². The predicted molar refractivity (Wildman–Crippen MR) is 193 cm³/mol. The zero-order chi connectivity index (χ0) is 36.4. The van der Waals surface area contributed by atoms with Gasteiger partial charge in [-0.3, -0.25) is 9.59 Å². The molecule has 4 bridgehead atoms. The summed E-state index contributed by atoms with van der Waals surface area (Å²) in [6.45, 7) is 7.55. The van der Waals surface area contributed by atoms with Gasteiger partial charge in [0.2, 0.25) is 5.91 Å². The second-order valence-electron chi connectivity index (χ2n) is 14.8. The predicted octanol–water partition coefficient (Wildman–Crippen LogP) is 5.41. The molecular formula is C40H48N4O7. The van der Waals surface area contributed by atoms with Gasteiger partial charge in [-0.25, -0.2) is 14.6 Å². The van der Waals surface area contributed by atoms with Crippen molar-refractivity contribution in [2.24, 2.45) is 23.7 Å². The van der Waals surface area contributed by atoms with Crippen molar-refractivity contribution in [2.75, 3.05) is 20.7 Å². The van der Waals surface area contributed by atoms with Crippen molar-refractivity contribution in [2.45, 2.75) is 76.1 Å². The van der Waals surface area contributed by atoms with Crippen molar-refractivity contribution in [3.8, 4) is 17.0 Å². The van der Waals surface area contributed by atoms with Crippen LogP contribution in [0.15, 0.2) is 67.3 Å². The number of alkyl carbamates (subject to hydrolysis) is 1. The van der Waals surface area contributed by atoms with E-state index in [0.29, 0.717) is 5.75 Å². The summed E-state index contributed by atoms with van der Waals surface area (Å²) < 4.78 is 12.5. The summed E-state index contributed by atoms with van der Waals surface area (Å²) in [5.74, 6) is -3.83. The lowest BCUT2D eigenvalue weighted by Gasteiger charge is -2.28. The number of carbonyl (C=O) groups excluding carboxylic acids is 3. The molecule has 3 aliphatic rings. The molecule has 11 nitrogen and oxygen atoms in total. The monoisotopic (exact) mass is 696 g/mol. The van der Waals surface area contributed by atoms with Crippen molar-refractivity contribution in [1.29, 1.82) is 0 Å². The van der Waals surface area contributed by atoms with Gasteiger partial charge in [-0.15, -0.1) is 6.58 Å². The fourth-order valence-corrected chi connectivity index (χ4v) is 7.62. The molecule has 1 aromatic heterocycles. The Kier molecular flexibility index (Phi) is 10.5. The number of aromatic nitrogens is 1. The first kappa shape index (κ1) is 36.0. The maximum Gasteiger partial charge on any atom is 0.407 e. The number of pyridine rings is 1. The number of ketones is 1. The molecule has 2 unspecified atom stereocenters. The number of fused-ring (bicyclic) bond motifs is 3. The summed E-state index contributed by atoms with van der Waals surface area (Å²) in [6.07, 6.45) is 3.32. The van der Waals surface area contributed by atoms with E-state index in [0.717, 1.165) is 47.0 Å². The van der Waals surface area contributed by atoms with Gasteiger partial charge in [-0.1, -0.05) is 56.3 Å². The van der Waals surface area contributed by atoms with Gasteiger partial charge in [0.25, 0.3) is 0 Å². The molecule has 0 radical (unpaired) electrons. The van der Waals surface area contributed by atoms with E-state index in [2.05, 4.69) is 29.3 Å².